The van der Waals surface area contributed by atoms with Crippen LogP contribution in [0.5, 0.6) is 0 Å². The first-order valence-corrected chi connectivity index (χ1v) is 9.17. The van der Waals surface area contributed by atoms with Crippen molar-refractivity contribution in [3.05, 3.63) is 35.4 Å². The summed E-state index contributed by atoms with van der Waals surface area (Å²) in [6.45, 7) is 0. The van der Waals surface area contributed by atoms with Gasteiger partial charge < -0.3 is 10.6 Å². The van der Waals surface area contributed by atoms with Gasteiger partial charge in [0.15, 0.2) is 9.84 Å². The van der Waals surface area contributed by atoms with E-state index in [1.54, 1.807) is 18.2 Å². The minimum absolute atomic E-state index is 0.0133. The summed E-state index contributed by atoms with van der Waals surface area (Å²) in [5, 5.41) is 5.59. The van der Waals surface area contributed by atoms with Crippen molar-refractivity contribution in [2.45, 2.75) is 31.3 Å². The molecule has 2 fully saturated rings. The Kier molecular flexibility index (Phi) is 3.90. The van der Waals surface area contributed by atoms with E-state index in [4.69, 9.17) is 0 Å². The van der Waals surface area contributed by atoms with Gasteiger partial charge in [0.2, 0.25) is 0 Å². The van der Waals surface area contributed by atoms with Crippen molar-refractivity contribution in [1.29, 1.82) is 0 Å². The van der Waals surface area contributed by atoms with E-state index in [2.05, 4.69) is 10.6 Å². The number of hydrogen-bond donors (Lipinski definition) is 2. The minimum atomic E-state index is -3.03. The molecule has 1 aromatic carbocycles. The van der Waals surface area contributed by atoms with E-state index in [0.29, 0.717) is 17.5 Å². The zero-order valence-corrected chi connectivity index (χ0v) is 12.9. The molecule has 2 amide bonds. The SMILES string of the molecule is O=C(NC1CC1)c1cccc(C(=O)NC2CCS(=O)(=O)C2)c1. The topological polar surface area (TPSA) is 92.3 Å². The van der Waals surface area contributed by atoms with Crippen LogP contribution in [0.2, 0.25) is 0 Å². The summed E-state index contributed by atoms with van der Waals surface area (Å²) in [7, 11) is -3.03. The molecule has 118 valence electrons. The summed E-state index contributed by atoms with van der Waals surface area (Å²) in [6.07, 6.45) is 2.44. The van der Waals surface area contributed by atoms with Crippen LogP contribution < -0.4 is 10.6 Å². The molecule has 1 saturated carbocycles. The number of amides is 2. The lowest BCUT2D eigenvalue weighted by molar-refractivity contribution is 0.0941. The van der Waals surface area contributed by atoms with Crippen molar-refractivity contribution in [3.63, 3.8) is 0 Å². The highest BCUT2D eigenvalue weighted by molar-refractivity contribution is 7.91. The largest absolute Gasteiger partial charge is 0.349 e. The van der Waals surface area contributed by atoms with Gasteiger partial charge in [0.1, 0.15) is 0 Å². The third kappa shape index (κ3) is 3.65. The average Bonchev–Trinajstić information content (AvgIpc) is 3.22. The van der Waals surface area contributed by atoms with Gasteiger partial charge in [-0.15, -0.1) is 0 Å². The van der Waals surface area contributed by atoms with Gasteiger partial charge in [0.25, 0.3) is 11.8 Å². The first-order chi connectivity index (χ1) is 10.4. The highest BCUT2D eigenvalue weighted by Crippen LogP contribution is 2.19. The molecule has 22 heavy (non-hydrogen) atoms. The summed E-state index contributed by atoms with van der Waals surface area (Å²) < 4.78 is 22.8. The van der Waals surface area contributed by atoms with E-state index in [1.165, 1.54) is 6.07 Å². The van der Waals surface area contributed by atoms with Crippen molar-refractivity contribution in [2.75, 3.05) is 11.5 Å². The maximum absolute atomic E-state index is 12.2. The molecule has 3 rings (SSSR count). The molecule has 6 nitrogen and oxygen atoms in total. The van der Waals surface area contributed by atoms with Gasteiger partial charge in [-0.25, -0.2) is 8.42 Å². The first kappa shape index (κ1) is 15.0. The van der Waals surface area contributed by atoms with Crippen LogP contribution in [0.3, 0.4) is 0 Å². The van der Waals surface area contributed by atoms with Crippen LogP contribution in [0, 0.1) is 0 Å². The summed E-state index contributed by atoms with van der Waals surface area (Å²) in [5.74, 6) is -0.425. The third-order valence-corrected chi connectivity index (χ3v) is 5.64. The zero-order valence-electron chi connectivity index (χ0n) is 12.0. The van der Waals surface area contributed by atoms with Crippen molar-refractivity contribution in [2.24, 2.45) is 0 Å². The van der Waals surface area contributed by atoms with E-state index in [-0.39, 0.29) is 35.4 Å². The molecule has 1 saturated heterocycles. The van der Waals surface area contributed by atoms with Crippen molar-refractivity contribution in [3.8, 4) is 0 Å². The number of rotatable bonds is 4. The molecular weight excluding hydrogens is 304 g/mol. The lowest BCUT2D eigenvalue weighted by atomic mass is 10.1. The molecule has 1 atom stereocenters. The second-order valence-electron chi connectivity index (χ2n) is 5.90. The standard InChI is InChI=1S/C15H18N2O4S/c18-14(16-12-4-5-12)10-2-1-3-11(8-10)15(19)17-13-6-7-22(20,21)9-13/h1-3,8,12-13H,4-7,9H2,(H,16,18)(H,17,19). The number of sulfone groups is 1. The molecule has 1 aliphatic heterocycles. The van der Waals surface area contributed by atoms with Crippen molar-refractivity contribution >= 4 is 21.7 Å². The summed E-state index contributed by atoms with van der Waals surface area (Å²) in [6, 6.07) is 6.38. The second kappa shape index (κ2) is 5.72. The molecule has 0 spiro atoms. The van der Waals surface area contributed by atoms with Gasteiger partial charge in [0.05, 0.1) is 11.5 Å². The fourth-order valence-electron chi connectivity index (χ4n) is 2.48. The Balaban J connectivity index is 1.66. The highest BCUT2D eigenvalue weighted by atomic mass is 32.2. The van der Waals surface area contributed by atoms with Gasteiger partial charge >= 0.3 is 0 Å². The van der Waals surface area contributed by atoms with Crippen molar-refractivity contribution < 1.29 is 18.0 Å². The van der Waals surface area contributed by atoms with Gasteiger partial charge in [-0.2, -0.15) is 0 Å². The zero-order chi connectivity index (χ0) is 15.7. The van der Waals surface area contributed by atoms with E-state index in [0.717, 1.165) is 12.8 Å². The molecule has 0 aromatic heterocycles. The third-order valence-electron chi connectivity index (χ3n) is 3.87. The van der Waals surface area contributed by atoms with Crippen LogP contribution in [-0.4, -0.2) is 43.8 Å². The summed E-state index contributed by atoms with van der Waals surface area (Å²) in [5.41, 5.74) is 0.811. The lowest BCUT2D eigenvalue weighted by Gasteiger charge is -2.11. The first-order valence-electron chi connectivity index (χ1n) is 7.35. The fraction of sp³-hybridized carbons (Fsp3) is 0.467. The smallest absolute Gasteiger partial charge is 0.251 e. The fourth-order valence-corrected chi connectivity index (χ4v) is 4.15. The normalized spacial score (nSPS) is 23.0. The molecule has 1 aliphatic carbocycles. The quantitative estimate of drug-likeness (QED) is 0.844. The Bertz CT molecular complexity index is 710. The van der Waals surface area contributed by atoms with Gasteiger partial charge in [-0.1, -0.05) is 6.07 Å². The second-order valence-corrected chi connectivity index (χ2v) is 8.13. The molecule has 2 N–H and O–H groups in total. The van der Waals surface area contributed by atoms with Gasteiger partial charge in [0, 0.05) is 23.2 Å². The predicted molar refractivity (Wildman–Crippen MR) is 81.5 cm³/mol. The van der Waals surface area contributed by atoms with Gasteiger partial charge in [-0.05, 0) is 37.5 Å². The Labute approximate surface area is 129 Å². The Morgan fingerprint density at radius 1 is 0.955 bits per heavy atom. The van der Waals surface area contributed by atoms with Crippen LogP contribution in [0.1, 0.15) is 40.0 Å². The van der Waals surface area contributed by atoms with Crippen LogP contribution in [0.15, 0.2) is 24.3 Å². The molecule has 1 heterocycles. The Morgan fingerprint density at radius 3 is 2.05 bits per heavy atom. The van der Waals surface area contributed by atoms with E-state index in [1.807, 2.05) is 0 Å². The molecule has 1 aromatic rings. The molecule has 2 aliphatic rings. The minimum Gasteiger partial charge on any atom is -0.349 e. The molecule has 0 bridgehead atoms. The highest BCUT2D eigenvalue weighted by Gasteiger charge is 2.29. The number of benzene rings is 1. The van der Waals surface area contributed by atoms with E-state index < -0.39 is 9.84 Å². The molecule has 7 heteroatoms. The van der Waals surface area contributed by atoms with Crippen LogP contribution >= 0.6 is 0 Å². The monoisotopic (exact) mass is 322 g/mol. The summed E-state index contributed by atoms with van der Waals surface area (Å²) in [4.78, 5) is 24.2. The van der Waals surface area contributed by atoms with E-state index >= 15 is 0 Å². The molecule has 1 unspecified atom stereocenters. The van der Waals surface area contributed by atoms with Gasteiger partial charge in [-0.3, -0.25) is 9.59 Å². The summed E-state index contributed by atoms with van der Waals surface area (Å²) >= 11 is 0. The number of carbonyl (C=O) groups excluding carboxylic acids is 2. The number of carbonyl (C=O) groups is 2. The van der Waals surface area contributed by atoms with E-state index in [9.17, 15) is 18.0 Å². The lowest BCUT2D eigenvalue weighted by Crippen LogP contribution is -2.35. The van der Waals surface area contributed by atoms with Crippen LogP contribution in [-0.2, 0) is 9.84 Å². The predicted octanol–water partition coefficient (Wildman–Crippen LogP) is 0.496. The maximum Gasteiger partial charge on any atom is 0.251 e. The van der Waals surface area contributed by atoms with Crippen LogP contribution in [0.4, 0.5) is 0 Å². The Hall–Kier alpha value is -1.89. The molecule has 0 radical (unpaired) electrons. The van der Waals surface area contributed by atoms with Crippen molar-refractivity contribution in [1.82, 2.24) is 10.6 Å². The number of nitrogens with one attached hydrogen (secondary N) is 2. The van der Waals surface area contributed by atoms with Crippen LogP contribution in [0.25, 0.3) is 0 Å². The molecular formula is C15H18N2O4S. The number of hydrogen-bond acceptors (Lipinski definition) is 4. The average molecular weight is 322 g/mol. The maximum atomic E-state index is 12.2. The Morgan fingerprint density at radius 2 is 1.55 bits per heavy atom.